The first-order valence-corrected chi connectivity index (χ1v) is 8.99. The zero-order chi connectivity index (χ0) is 21.6. The van der Waals surface area contributed by atoms with E-state index >= 15 is 0 Å². The van der Waals surface area contributed by atoms with E-state index in [0.29, 0.717) is 0 Å². The molecule has 1 fully saturated rings. The van der Waals surface area contributed by atoms with E-state index < -0.39 is 36.4 Å². The fourth-order valence-electron chi connectivity index (χ4n) is 2.78. The number of nitrogens with one attached hydrogen (secondary N) is 1. The quantitative estimate of drug-likeness (QED) is 0.243. The largest absolute Gasteiger partial charge is 0.507 e. The second kappa shape index (κ2) is 10.1. The summed E-state index contributed by atoms with van der Waals surface area (Å²) in [6, 6.07) is 2.82. The molecule has 0 aliphatic carbocycles. The zero-order valence-corrected chi connectivity index (χ0v) is 15.6. The standard InChI is InChI=1S/C17H23BN2O9/c21-6-4-13(22)19-7-14(23)20-8-11(9-20)29-12-2-1-10(3-5-18(27)28)16(24)15(12)17(25)26/h1-2,11,21,24,27-28H,3-9H2,(H,19,22)(H,25,26). The minimum Gasteiger partial charge on any atom is -0.507 e. The van der Waals surface area contributed by atoms with Crippen molar-refractivity contribution in [2.75, 3.05) is 26.2 Å². The van der Waals surface area contributed by atoms with Crippen LogP contribution >= 0.6 is 0 Å². The van der Waals surface area contributed by atoms with Crippen LogP contribution < -0.4 is 10.1 Å². The van der Waals surface area contributed by atoms with E-state index in [1.807, 2.05) is 0 Å². The summed E-state index contributed by atoms with van der Waals surface area (Å²) in [5.41, 5.74) is -0.192. The van der Waals surface area contributed by atoms with Gasteiger partial charge in [0.1, 0.15) is 23.2 Å². The summed E-state index contributed by atoms with van der Waals surface area (Å²) in [6.45, 7) is -0.143. The third-order valence-corrected chi connectivity index (χ3v) is 4.38. The van der Waals surface area contributed by atoms with Crippen LogP contribution in [0.15, 0.2) is 12.1 Å². The smallest absolute Gasteiger partial charge is 0.451 e. The maximum absolute atomic E-state index is 12.0. The first kappa shape index (κ1) is 22.5. The maximum atomic E-state index is 12.0. The van der Waals surface area contributed by atoms with E-state index in [2.05, 4.69) is 5.32 Å². The molecule has 0 aromatic heterocycles. The minimum absolute atomic E-state index is 0.0587. The van der Waals surface area contributed by atoms with Crippen molar-refractivity contribution in [3.63, 3.8) is 0 Å². The summed E-state index contributed by atoms with van der Waals surface area (Å²) < 4.78 is 5.59. The lowest BCUT2D eigenvalue weighted by Gasteiger charge is -2.39. The van der Waals surface area contributed by atoms with Gasteiger partial charge in [0.25, 0.3) is 0 Å². The number of aromatic carboxylic acids is 1. The third kappa shape index (κ3) is 6.08. The Labute approximate surface area is 166 Å². The van der Waals surface area contributed by atoms with E-state index in [1.54, 1.807) is 0 Å². The van der Waals surface area contributed by atoms with Crippen LogP contribution in [0, 0.1) is 0 Å². The number of carbonyl (C=O) groups is 3. The molecular formula is C17H23BN2O9. The number of aliphatic hydroxyl groups is 1. The van der Waals surface area contributed by atoms with E-state index in [-0.39, 0.29) is 62.6 Å². The summed E-state index contributed by atoms with van der Waals surface area (Å²) in [6.07, 6.45) is -0.568. The molecule has 2 rings (SSSR count). The number of aliphatic hydroxyl groups excluding tert-OH is 1. The van der Waals surface area contributed by atoms with Crippen molar-refractivity contribution in [3.8, 4) is 11.5 Å². The van der Waals surface area contributed by atoms with Crippen molar-refractivity contribution >= 4 is 24.9 Å². The summed E-state index contributed by atoms with van der Waals surface area (Å²) in [5, 5.41) is 48.5. The molecule has 6 N–H and O–H groups in total. The second-order valence-electron chi connectivity index (χ2n) is 6.56. The average molecular weight is 410 g/mol. The van der Waals surface area contributed by atoms with Crippen LogP contribution in [-0.2, 0) is 16.0 Å². The topological polar surface area (TPSA) is 177 Å². The molecule has 0 saturated carbocycles. The van der Waals surface area contributed by atoms with E-state index in [1.165, 1.54) is 17.0 Å². The average Bonchev–Trinajstić information content (AvgIpc) is 2.61. The molecular weight excluding hydrogens is 387 g/mol. The number of hydrogen-bond donors (Lipinski definition) is 6. The Bertz CT molecular complexity index is 766. The Balaban J connectivity index is 1.94. The number of likely N-dealkylation sites (tertiary alicyclic amines) is 1. The molecule has 1 aromatic rings. The lowest BCUT2D eigenvalue weighted by molar-refractivity contribution is -0.140. The molecule has 0 bridgehead atoms. The van der Waals surface area contributed by atoms with Gasteiger partial charge in [0.15, 0.2) is 0 Å². The zero-order valence-electron chi connectivity index (χ0n) is 15.6. The first-order chi connectivity index (χ1) is 13.7. The highest BCUT2D eigenvalue weighted by Crippen LogP contribution is 2.33. The van der Waals surface area contributed by atoms with Crippen LogP contribution in [0.25, 0.3) is 0 Å². The Morgan fingerprint density at radius 2 is 1.93 bits per heavy atom. The predicted octanol–water partition coefficient (Wildman–Crippen LogP) is -1.81. The fourth-order valence-corrected chi connectivity index (χ4v) is 2.78. The van der Waals surface area contributed by atoms with Crippen molar-refractivity contribution in [1.29, 1.82) is 0 Å². The molecule has 12 heteroatoms. The van der Waals surface area contributed by atoms with Gasteiger partial charge in [-0.15, -0.1) is 0 Å². The Hall–Kier alpha value is -2.83. The summed E-state index contributed by atoms with van der Waals surface area (Å²) in [5.74, 6) is -2.74. The molecule has 1 aromatic carbocycles. The monoisotopic (exact) mass is 410 g/mol. The molecule has 1 saturated heterocycles. The number of benzene rings is 1. The molecule has 1 aliphatic heterocycles. The lowest BCUT2D eigenvalue weighted by Crippen LogP contribution is -2.58. The van der Waals surface area contributed by atoms with Crippen LogP contribution in [-0.4, -0.2) is 87.5 Å². The summed E-state index contributed by atoms with van der Waals surface area (Å²) in [4.78, 5) is 36.2. The van der Waals surface area contributed by atoms with Gasteiger partial charge in [-0.05, 0) is 24.4 Å². The van der Waals surface area contributed by atoms with Gasteiger partial charge in [0.2, 0.25) is 11.8 Å². The SMILES string of the molecule is O=C(CCO)NCC(=O)N1CC(Oc2ccc(CCB(O)O)c(O)c2C(=O)O)C1. The van der Waals surface area contributed by atoms with Gasteiger partial charge in [-0.25, -0.2) is 4.79 Å². The molecule has 0 spiro atoms. The molecule has 0 radical (unpaired) electrons. The molecule has 0 unspecified atom stereocenters. The van der Waals surface area contributed by atoms with Crippen molar-refractivity contribution in [1.82, 2.24) is 10.2 Å². The number of carboxylic acid groups (broad SMARTS) is 1. The molecule has 0 atom stereocenters. The van der Waals surface area contributed by atoms with Crippen molar-refractivity contribution < 1.29 is 44.5 Å². The van der Waals surface area contributed by atoms with Gasteiger partial charge >= 0.3 is 13.1 Å². The minimum atomic E-state index is -1.58. The van der Waals surface area contributed by atoms with E-state index in [9.17, 15) is 24.6 Å². The molecule has 29 heavy (non-hydrogen) atoms. The van der Waals surface area contributed by atoms with Gasteiger partial charge in [-0.3, -0.25) is 9.59 Å². The molecule has 1 aliphatic rings. The Morgan fingerprint density at radius 1 is 1.24 bits per heavy atom. The molecule has 1 heterocycles. The third-order valence-electron chi connectivity index (χ3n) is 4.38. The van der Waals surface area contributed by atoms with E-state index in [4.69, 9.17) is 19.9 Å². The summed E-state index contributed by atoms with van der Waals surface area (Å²) >= 11 is 0. The van der Waals surface area contributed by atoms with Gasteiger partial charge in [-0.1, -0.05) is 6.07 Å². The van der Waals surface area contributed by atoms with Gasteiger partial charge in [0, 0.05) is 6.42 Å². The van der Waals surface area contributed by atoms with E-state index in [0.717, 1.165) is 0 Å². The number of nitrogens with zero attached hydrogens (tertiary/aromatic N) is 1. The molecule has 2 amide bonds. The number of amides is 2. The molecule has 11 nitrogen and oxygen atoms in total. The van der Waals surface area contributed by atoms with Crippen LogP contribution in [0.4, 0.5) is 0 Å². The first-order valence-electron chi connectivity index (χ1n) is 8.99. The highest BCUT2D eigenvalue weighted by Gasteiger charge is 2.33. The predicted molar refractivity (Wildman–Crippen MR) is 99.5 cm³/mol. The second-order valence-corrected chi connectivity index (χ2v) is 6.56. The highest BCUT2D eigenvalue weighted by molar-refractivity contribution is 6.41. The number of rotatable bonds is 10. The van der Waals surface area contributed by atoms with Crippen LogP contribution in [0.5, 0.6) is 11.5 Å². The molecule has 158 valence electrons. The number of ether oxygens (including phenoxy) is 1. The van der Waals surface area contributed by atoms with Crippen LogP contribution in [0.1, 0.15) is 22.3 Å². The van der Waals surface area contributed by atoms with Gasteiger partial charge < -0.3 is 40.3 Å². The van der Waals surface area contributed by atoms with Crippen molar-refractivity contribution in [2.45, 2.75) is 25.3 Å². The fraction of sp³-hybridized carbons (Fsp3) is 0.471. The van der Waals surface area contributed by atoms with Gasteiger partial charge in [-0.2, -0.15) is 0 Å². The lowest BCUT2D eigenvalue weighted by atomic mass is 9.82. The van der Waals surface area contributed by atoms with Gasteiger partial charge in [0.05, 0.1) is 26.2 Å². The van der Waals surface area contributed by atoms with Crippen molar-refractivity contribution in [2.24, 2.45) is 0 Å². The normalized spacial score (nSPS) is 13.6. The van der Waals surface area contributed by atoms with Crippen LogP contribution in [0.3, 0.4) is 0 Å². The number of hydrogen-bond acceptors (Lipinski definition) is 8. The number of carbonyl (C=O) groups excluding carboxylic acids is 2. The number of aromatic hydroxyl groups is 1. The maximum Gasteiger partial charge on any atom is 0.451 e. The number of aryl methyl sites for hydroxylation is 1. The van der Waals surface area contributed by atoms with Crippen molar-refractivity contribution in [3.05, 3.63) is 23.3 Å². The van der Waals surface area contributed by atoms with Crippen LogP contribution in [0.2, 0.25) is 6.32 Å². The number of carboxylic acids is 1. The highest BCUT2D eigenvalue weighted by atomic mass is 16.5. The number of phenols is 1. The Kier molecular flexibility index (Phi) is 7.82. The Morgan fingerprint density at radius 3 is 2.52 bits per heavy atom. The summed E-state index contributed by atoms with van der Waals surface area (Å²) in [7, 11) is -1.58.